The van der Waals surface area contributed by atoms with Crippen LogP contribution in [0.3, 0.4) is 0 Å². The molecule has 0 saturated heterocycles. The van der Waals surface area contributed by atoms with Crippen LogP contribution in [-0.2, 0) is 0 Å². The summed E-state index contributed by atoms with van der Waals surface area (Å²) in [6, 6.07) is 8.23. The lowest BCUT2D eigenvalue weighted by Crippen LogP contribution is -1.79. The first-order valence-corrected chi connectivity index (χ1v) is 3.87. The first-order chi connectivity index (χ1) is 6.77. The standard InChI is InChI=1S/C11H6N2O/c12-6-2-1-3-9-4-5-11(14)10(7-9)8-13/h4-5,7,14H,2H2. The van der Waals surface area contributed by atoms with Crippen LogP contribution in [0.2, 0.25) is 0 Å². The molecule has 0 aliphatic carbocycles. The minimum absolute atomic E-state index is 0.0571. The Kier molecular flexibility index (Phi) is 3.14. The maximum atomic E-state index is 9.18. The van der Waals surface area contributed by atoms with E-state index in [1.54, 1.807) is 6.07 Å². The molecule has 3 heteroatoms. The Morgan fingerprint density at radius 1 is 1.29 bits per heavy atom. The minimum Gasteiger partial charge on any atom is -0.507 e. The Labute approximate surface area is 81.8 Å². The van der Waals surface area contributed by atoms with Crippen LogP contribution in [0.4, 0.5) is 0 Å². The van der Waals surface area contributed by atoms with Crippen LogP contribution in [0.15, 0.2) is 18.2 Å². The van der Waals surface area contributed by atoms with Crippen molar-refractivity contribution in [2.24, 2.45) is 0 Å². The average molecular weight is 182 g/mol. The van der Waals surface area contributed by atoms with Gasteiger partial charge < -0.3 is 5.11 Å². The molecule has 0 bridgehead atoms. The van der Waals surface area contributed by atoms with E-state index in [0.29, 0.717) is 5.56 Å². The number of rotatable bonds is 0. The van der Waals surface area contributed by atoms with E-state index >= 15 is 0 Å². The predicted octanol–water partition coefficient (Wildman–Crippen LogP) is 1.53. The van der Waals surface area contributed by atoms with Gasteiger partial charge >= 0.3 is 0 Å². The zero-order valence-corrected chi connectivity index (χ0v) is 7.28. The molecule has 66 valence electrons. The average Bonchev–Trinajstić information content (AvgIpc) is 2.21. The summed E-state index contributed by atoms with van der Waals surface area (Å²) in [6.45, 7) is 0. The lowest BCUT2D eigenvalue weighted by molar-refractivity contribution is 0.473. The van der Waals surface area contributed by atoms with E-state index in [1.807, 2.05) is 12.1 Å². The third-order valence-electron chi connectivity index (χ3n) is 1.52. The lowest BCUT2D eigenvalue weighted by atomic mass is 10.1. The molecule has 0 aliphatic rings. The molecule has 0 heterocycles. The van der Waals surface area contributed by atoms with Crippen molar-refractivity contribution in [1.82, 2.24) is 0 Å². The molecule has 0 unspecified atom stereocenters. The number of hydrogen-bond donors (Lipinski definition) is 1. The highest BCUT2D eigenvalue weighted by molar-refractivity contribution is 5.49. The molecule has 0 amide bonds. The number of phenolic OH excluding ortho intramolecular Hbond substituents is 1. The van der Waals surface area contributed by atoms with E-state index in [1.165, 1.54) is 12.1 Å². The van der Waals surface area contributed by atoms with Crippen LogP contribution in [0.5, 0.6) is 5.75 Å². The molecule has 0 saturated carbocycles. The summed E-state index contributed by atoms with van der Waals surface area (Å²) >= 11 is 0. The summed E-state index contributed by atoms with van der Waals surface area (Å²) in [4.78, 5) is 0. The summed E-state index contributed by atoms with van der Waals surface area (Å²) in [5, 5.41) is 26.0. The van der Waals surface area contributed by atoms with Crippen LogP contribution in [-0.4, -0.2) is 5.11 Å². The summed E-state index contributed by atoms with van der Waals surface area (Å²) in [5.41, 5.74) is 0.809. The summed E-state index contributed by atoms with van der Waals surface area (Å²) in [6.07, 6.45) is 0.156. The maximum Gasteiger partial charge on any atom is 0.133 e. The monoisotopic (exact) mass is 182 g/mol. The van der Waals surface area contributed by atoms with E-state index in [2.05, 4.69) is 11.8 Å². The van der Waals surface area contributed by atoms with Gasteiger partial charge in [0.1, 0.15) is 11.8 Å². The number of nitriles is 2. The summed E-state index contributed by atoms with van der Waals surface area (Å²) in [5.74, 6) is 5.28. The normalized spacial score (nSPS) is 7.86. The van der Waals surface area contributed by atoms with Gasteiger partial charge in [-0.15, -0.1) is 0 Å². The fraction of sp³-hybridized carbons (Fsp3) is 0.0909. The zero-order valence-electron chi connectivity index (χ0n) is 7.28. The highest BCUT2D eigenvalue weighted by atomic mass is 16.3. The van der Waals surface area contributed by atoms with Crippen LogP contribution < -0.4 is 0 Å². The van der Waals surface area contributed by atoms with Crippen molar-refractivity contribution in [3.05, 3.63) is 29.3 Å². The quantitative estimate of drug-likeness (QED) is 0.618. The summed E-state index contributed by atoms with van der Waals surface area (Å²) < 4.78 is 0. The number of benzene rings is 1. The molecular weight excluding hydrogens is 176 g/mol. The molecule has 3 nitrogen and oxygen atoms in total. The predicted molar refractivity (Wildman–Crippen MR) is 49.9 cm³/mol. The lowest BCUT2D eigenvalue weighted by Gasteiger charge is -1.95. The van der Waals surface area contributed by atoms with Gasteiger partial charge in [0.2, 0.25) is 0 Å². The van der Waals surface area contributed by atoms with Crippen molar-refractivity contribution >= 4 is 0 Å². The zero-order chi connectivity index (χ0) is 10.4. The highest BCUT2D eigenvalue weighted by Crippen LogP contribution is 2.16. The fourth-order valence-electron chi connectivity index (χ4n) is 0.889. The van der Waals surface area contributed by atoms with E-state index in [-0.39, 0.29) is 17.7 Å². The minimum atomic E-state index is -0.0571. The summed E-state index contributed by atoms with van der Waals surface area (Å²) in [7, 11) is 0. The molecule has 1 rings (SSSR count). The Bertz CT molecular complexity index is 481. The van der Waals surface area contributed by atoms with E-state index in [0.717, 1.165) is 0 Å². The second-order valence-electron chi connectivity index (χ2n) is 2.48. The van der Waals surface area contributed by atoms with Crippen molar-refractivity contribution in [3.63, 3.8) is 0 Å². The molecular formula is C11H6N2O. The number of phenols is 1. The van der Waals surface area contributed by atoms with Gasteiger partial charge in [0, 0.05) is 5.56 Å². The van der Waals surface area contributed by atoms with Gasteiger partial charge in [-0.05, 0) is 18.2 Å². The van der Waals surface area contributed by atoms with Gasteiger partial charge in [-0.2, -0.15) is 10.5 Å². The molecule has 0 spiro atoms. The van der Waals surface area contributed by atoms with Gasteiger partial charge in [-0.25, -0.2) is 0 Å². The molecule has 0 fully saturated rings. The molecule has 0 atom stereocenters. The van der Waals surface area contributed by atoms with Crippen molar-refractivity contribution in [2.45, 2.75) is 6.42 Å². The third-order valence-corrected chi connectivity index (χ3v) is 1.52. The van der Waals surface area contributed by atoms with Crippen LogP contribution in [0.25, 0.3) is 0 Å². The van der Waals surface area contributed by atoms with Gasteiger partial charge in [-0.3, -0.25) is 0 Å². The first-order valence-electron chi connectivity index (χ1n) is 3.87. The smallest absolute Gasteiger partial charge is 0.133 e. The van der Waals surface area contributed by atoms with Crippen molar-refractivity contribution in [2.75, 3.05) is 0 Å². The molecule has 1 N–H and O–H groups in total. The van der Waals surface area contributed by atoms with Crippen LogP contribution in [0.1, 0.15) is 17.5 Å². The van der Waals surface area contributed by atoms with Gasteiger partial charge in [0.05, 0.1) is 18.1 Å². The van der Waals surface area contributed by atoms with Crippen LogP contribution >= 0.6 is 0 Å². The van der Waals surface area contributed by atoms with Crippen molar-refractivity contribution < 1.29 is 5.11 Å². The molecule has 0 aromatic heterocycles. The third kappa shape index (κ3) is 2.27. The van der Waals surface area contributed by atoms with Gasteiger partial charge in [0.25, 0.3) is 0 Å². The largest absolute Gasteiger partial charge is 0.507 e. The number of aromatic hydroxyl groups is 1. The highest BCUT2D eigenvalue weighted by Gasteiger charge is 1.98. The Morgan fingerprint density at radius 3 is 2.71 bits per heavy atom. The Balaban J connectivity index is 3.00. The van der Waals surface area contributed by atoms with Crippen molar-refractivity contribution in [3.8, 4) is 29.7 Å². The second kappa shape index (κ2) is 4.55. The van der Waals surface area contributed by atoms with Gasteiger partial charge in [-0.1, -0.05) is 11.8 Å². The number of nitrogens with zero attached hydrogens (tertiary/aromatic N) is 2. The Morgan fingerprint density at radius 2 is 2.07 bits per heavy atom. The molecule has 1 aromatic rings. The first kappa shape index (κ1) is 9.65. The maximum absolute atomic E-state index is 9.18. The SMILES string of the molecule is N#CCC#Cc1ccc(O)c(C#N)c1. The topological polar surface area (TPSA) is 67.8 Å². The molecule has 0 radical (unpaired) electrons. The van der Waals surface area contributed by atoms with E-state index in [4.69, 9.17) is 10.5 Å². The van der Waals surface area contributed by atoms with E-state index in [9.17, 15) is 5.11 Å². The molecule has 1 aromatic carbocycles. The van der Waals surface area contributed by atoms with Crippen LogP contribution in [0, 0.1) is 34.5 Å². The Hall–Kier alpha value is -2.44. The van der Waals surface area contributed by atoms with Gasteiger partial charge in [0.15, 0.2) is 0 Å². The number of hydrogen-bond acceptors (Lipinski definition) is 3. The molecule has 14 heavy (non-hydrogen) atoms. The fourth-order valence-corrected chi connectivity index (χ4v) is 0.889. The molecule has 0 aliphatic heterocycles. The second-order valence-corrected chi connectivity index (χ2v) is 2.48. The van der Waals surface area contributed by atoms with Crippen molar-refractivity contribution in [1.29, 1.82) is 10.5 Å². The van der Waals surface area contributed by atoms with E-state index < -0.39 is 0 Å².